The molecule has 1 aliphatic carbocycles. The van der Waals surface area contributed by atoms with E-state index in [1.54, 1.807) is 51.1 Å². The van der Waals surface area contributed by atoms with Crippen LogP contribution in [0.2, 0.25) is 0 Å². The van der Waals surface area contributed by atoms with Crippen LogP contribution in [0.25, 0.3) is 32.7 Å². The van der Waals surface area contributed by atoms with Gasteiger partial charge in [-0.15, -0.1) is 0 Å². The number of hydrogen-bond acceptors (Lipinski definition) is 15. The molecular formula is C49H59FN8O12. The molecule has 4 aromatic rings. The van der Waals surface area contributed by atoms with Gasteiger partial charge < -0.3 is 48.1 Å². The van der Waals surface area contributed by atoms with Crippen molar-refractivity contribution in [1.82, 2.24) is 20.3 Å². The first-order valence-electron chi connectivity index (χ1n) is 23.3. The summed E-state index contributed by atoms with van der Waals surface area (Å²) in [6, 6.07) is 9.44. The van der Waals surface area contributed by atoms with Gasteiger partial charge in [0.15, 0.2) is 5.60 Å². The van der Waals surface area contributed by atoms with E-state index in [9.17, 15) is 24.3 Å². The van der Waals surface area contributed by atoms with Crippen LogP contribution in [0, 0.1) is 18.2 Å². The molecule has 0 saturated carbocycles. The van der Waals surface area contributed by atoms with Crippen molar-refractivity contribution >= 4 is 34.4 Å². The summed E-state index contributed by atoms with van der Waals surface area (Å²) in [5.74, 6) is -1.89. The van der Waals surface area contributed by atoms with Crippen LogP contribution in [0.1, 0.15) is 85.5 Å². The first-order valence-corrected chi connectivity index (χ1v) is 23.3. The Hall–Kier alpha value is -6.32. The number of halogens is 1. The molecule has 70 heavy (non-hydrogen) atoms. The van der Waals surface area contributed by atoms with Gasteiger partial charge in [-0.3, -0.25) is 14.4 Å². The number of hydrogen-bond donors (Lipinski definition) is 3. The number of fused-ring (bicyclic) bond motifs is 5. The molecule has 374 valence electrons. The predicted octanol–water partition coefficient (Wildman–Crippen LogP) is 4.97. The molecule has 3 aliphatic rings. The van der Waals surface area contributed by atoms with E-state index in [-0.39, 0.29) is 30.7 Å². The third-order valence-corrected chi connectivity index (χ3v) is 12.8. The molecule has 2 atom stereocenters. The zero-order valence-corrected chi connectivity index (χ0v) is 40.1. The van der Waals surface area contributed by atoms with E-state index in [1.807, 2.05) is 0 Å². The highest BCUT2D eigenvalue weighted by Crippen LogP contribution is 2.46. The van der Waals surface area contributed by atoms with E-state index in [0.717, 1.165) is 5.56 Å². The van der Waals surface area contributed by atoms with Gasteiger partial charge in [-0.25, -0.2) is 19.6 Å². The minimum Gasteiger partial charge on any atom is -0.491 e. The number of cyclic esters (lactones) is 1. The standard InChI is InChI=1S/C49H59FN8O12/c1-6-49(63)36-25-40-43-34(27-58(40)44(59)35(36)28-70-47(49)62)42-38(12-11-33-29(2)37(50)26-39(53-43)41(33)42)54-45(60)48(4,5)46(61)56-55-30(3)31-7-9-32(10-8-31)69-24-23-68-22-21-67-20-19-66-18-17-65-16-15-64-14-13-52-57-51/h7-10,25-26,38,63H,6,11-24,27-28H2,1-5H3,(H,54,60)(H,56,61)/b55-30+/t38-,49-/m1/s1. The number of aliphatic hydroxyl groups is 1. The zero-order valence-electron chi connectivity index (χ0n) is 40.1. The number of carbonyl (C=O) groups excluding carboxylic acids is 3. The van der Waals surface area contributed by atoms with E-state index in [1.165, 1.54) is 24.5 Å². The second-order valence-electron chi connectivity index (χ2n) is 17.5. The van der Waals surface area contributed by atoms with Gasteiger partial charge in [0.1, 0.15) is 30.2 Å². The third-order valence-electron chi connectivity index (χ3n) is 12.8. The Bertz CT molecular complexity index is 2740. The third kappa shape index (κ3) is 11.2. The normalized spacial score (nSPS) is 17.0. The fourth-order valence-corrected chi connectivity index (χ4v) is 8.62. The lowest BCUT2D eigenvalue weighted by Crippen LogP contribution is -2.48. The van der Waals surface area contributed by atoms with Crippen molar-refractivity contribution in [2.24, 2.45) is 15.6 Å². The number of aryl methyl sites for hydroxylation is 1. The second kappa shape index (κ2) is 23.1. The highest BCUT2D eigenvalue weighted by Gasteiger charge is 2.46. The van der Waals surface area contributed by atoms with Crippen molar-refractivity contribution in [2.45, 2.75) is 78.7 Å². The molecular weight excluding hydrogens is 912 g/mol. The number of nitrogens with zero attached hydrogens (tertiary/aromatic N) is 6. The van der Waals surface area contributed by atoms with Gasteiger partial charge in [0.05, 0.1) is 107 Å². The number of nitrogens with one attached hydrogen (secondary N) is 2. The molecule has 21 heteroatoms. The number of pyridine rings is 2. The number of hydrazone groups is 1. The Morgan fingerprint density at radius 3 is 2.20 bits per heavy atom. The number of azide groups is 1. The van der Waals surface area contributed by atoms with Crippen LogP contribution in [-0.2, 0) is 68.0 Å². The summed E-state index contributed by atoms with van der Waals surface area (Å²) in [7, 11) is 0. The van der Waals surface area contributed by atoms with Gasteiger partial charge in [-0.05, 0) is 105 Å². The summed E-state index contributed by atoms with van der Waals surface area (Å²) in [6.07, 6.45) is 0.773. The number of esters is 1. The van der Waals surface area contributed by atoms with E-state index < -0.39 is 46.2 Å². The summed E-state index contributed by atoms with van der Waals surface area (Å²) in [5, 5.41) is 22.8. The van der Waals surface area contributed by atoms with Crippen LogP contribution < -0.4 is 21.0 Å². The van der Waals surface area contributed by atoms with Gasteiger partial charge in [-0.1, -0.05) is 12.0 Å². The van der Waals surface area contributed by atoms with Crippen LogP contribution in [0.15, 0.2) is 51.4 Å². The number of amides is 2. The van der Waals surface area contributed by atoms with E-state index in [0.29, 0.717) is 148 Å². The number of carbonyl (C=O) groups is 3. The molecule has 2 aliphatic heterocycles. The maximum absolute atomic E-state index is 15.4. The van der Waals surface area contributed by atoms with Gasteiger partial charge in [0.25, 0.3) is 11.5 Å². The first-order chi connectivity index (χ1) is 33.7. The molecule has 0 saturated heterocycles. The highest BCUT2D eigenvalue weighted by atomic mass is 19.1. The molecule has 2 amide bonds. The minimum atomic E-state index is -2.03. The molecule has 2 aromatic heterocycles. The van der Waals surface area contributed by atoms with Crippen LogP contribution >= 0.6 is 0 Å². The predicted molar refractivity (Wildman–Crippen MR) is 253 cm³/mol. The van der Waals surface area contributed by atoms with E-state index >= 15 is 4.39 Å². The smallest absolute Gasteiger partial charge is 0.343 e. The molecule has 0 radical (unpaired) electrons. The summed E-state index contributed by atoms with van der Waals surface area (Å²) in [4.78, 5) is 62.1. The molecule has 2 aromatic carbocycles. The van der Waals surface area contributed by atoms with Crippen molar-refractivity contribution < 1.29 is 57.0 Å². The summed E-state index contributed by atoms with van der Waals surface area (Å²) < 4.78 is 55.2. The molecule has 0 fully saturated rings. The highest BCUT2D eigenvalue weighted by molar-refractivity contribution is 6.06. The lowest BCUT2D eigenvalue weighted by Gasteiger charge is -2.32. The molecule has 0 spiro atoms. The topological polar surface area (TPSA) is 256 Å². The minimum absolute atomic E-state index is 0.0266. The lowest BCUT2D eigenvalue weighted by molar-refractivity contribution is -0.172. The lowest BCUT2D eigenvalue weighted by atomic mass is 9.81. The summed E-state index contributed by atoms with van der Waals surface area (Å²) in [6.45, 7) is 12.5. The summed E-state index contributed by atoms with van der Waals surface area (Å²) >= 11 is 0. The van der Waals surface area contributed by atoms with E-state index in [2.05, 4.69) is 25.9 Å². The van der Waals surface area contributed by atoms with Crippen molar-refractivity contribution in [3.63, 3.8) is 0 Å². The van der Waals surface area contributed by atoms with Crippen molar-refractivity contribution in [3.05, 3.63) is 102 Å². The van der Waals surface area contributed by atoms with Crippen LogP contribution in [0.5, 0.6) is 5.75 Å². The molecule has 20 nitrogen and oxygen atoms in total. The Morgan fingerprint density at radius 1 is 0.943 bits per heavy atom. The monoisotopic (exact) mass is 970 g/mol. The SMILES string of the molecule is CC[C@]1(O)C(=O)OCc2c1cc1n(c2=O)Cc2c-1nc1cc(F)c(C)c3c1c2[C@H](NC(=O)C(C)(C)C(=O)N/N=C(\C)c1ccc(OCCOCCOCCOCCOCCOCCN=[N+]=[N-])cc1)CC3. The van der Waals surface area contributed by atoms with Gasteiger partial charge in [0.2, 0.25) is 5.91 Å². The second-order valence-corrected chi connectivity index (χ2v) is 17.5. The van der Waals surface area contributed by atoms with Crippen LogP contribution in [-0.4, -0.2) is 117 Å². The maximum Gasteiger partial charge on any atom is 0.343 e. The van der Waals surface area contributed by atoms with Crippen molar-refractivity contribution in [2.75, 3.05) is 79.2 Å². The number of ether oxygens (including phenoxy) is 7. The quantitative estimate of drug-likeness (QED) is 0.0102. The maximum atomic E-state index is 15.4. The zero-order chi connectivity index (χ0) is 50.0. The Morgan fingerprint density at radius 2 is 1.57 bits per heavy atom. The Balaban J connectivity index is 0.893. The molecule has 4 heterocycles. The Labute approximate surface area is 403 Å². The average Bonchev–Trinajstić information content (AvgIpc) is 3.73. The first kappa shape index (κ1) is 51.5. The van der Waals surface area contributed by atoms with Crippen molar-refractivity contribution in [1.29, 1.82) is 0 Å². The van der Waals surface area contributed by atoms with E-state index in [4.69, 9.17) is 43.7 Å². The van der Waals surface area contributed by atoms with Crippen LogP contribution in [0.4, 0.5) is 4.39 Å². The molecule has 7 rings (SSSR count). The van der Waals surface area contributed by atoms with Gasteiger partial charge in [-0.2, -0.15) is 5.10 Å². The number of rotatable bonds is 25. The number of benzene rings is 2. The van der Waals surface area contributed by atoms with Gasteiger partial charge in [0, 0.05) is 34.0 Å². The molecule has 0 bridgehead atoms. The molecule has 3 N–H and O–H groups in total. The van der Waals surface area contributed by atoms with Crippen molar-refractivity contribution in [3.8, 4) is 17.1 Å². The van der Waals surface area contributed by atoms with Gasteiger partial charge >= 0.3 is 5.97 Å². The number of aromatic nitrogens is 2. The largest absolute Gasteiger partial charge is 0.491 e. The fraction of sp³-hybridized carbons (Fsp3) is 0.510. The molecule has 0 unspecified atom stereocenters. The average molecular weight is 971 g/mol. The Kier molecular flexibility index (Phi) is 17.0. The summed E-state index contributed by atoms with van der Waals surface area (Å²) in [5.41, 5.74) is 11.8. The van der Waals surface area contributed by atoms with Crippen LogP contribution in [0.3, 0.4) is 0 Å². The fourth-order valence-electron chi connectivity index (χ4n) is 8.62.